The van der Waals surface area contributed by atoms with Gasteiger partial charge in [-0.05, 0) is 49.5 Å². The molecule has 1 N–H and O–H groups in total. The molecule has 0 amide bonds. The molecule has 1 aromatic rings. The van der Waals surface area contributed by atoms with Gasteiger partial charge in [-0.25, -0.2) is 13.6 Å². The zero-order valence-electron chi connectivity index (χ0n) is 23.5. The molecule has 0 aliphatic heterocycles. The summed E-state index contributed by atoms with van der Waals surface area (Å²) >= 11 is 0.885. The zero-order valence-corrected chi connectivity index (χ0v) is 24.3. The van der Waals surface area contributed by atoms with Crippen LogP contribution in [0.15, 0.2) is 46.4 Å². The van der Waals surface area contributed by atoms with Gasteiger partial charge in [0.2, 0.25) is 10.9 Å². The van der Waals surface area contributed by atoms with Crippen LogP contribution in [0.3, 0.4) is 0 Å². The SMILES string of the molecule is COCC#CCSC(=O)[C@@]1(OC(=O)c2ccco2)[C@H](C)CC2C3CC(F)=C4CC(=O)C=C[C@]4(C)[C@@]3(F)[C@@H](O)C[C@@]21C. The van der Waals surface area contributed by atoms with Crippen molar-refractivity contribution in [1.29, 1.82) is 0 Å². The van der Waals surface area contributed by atoms with Gasteiger partial charge in [-0.2, -0.15) is 0 Å². The van der Waals surface area contributed by atoms with Gasteiger partial charge in [0.05, 0.1) is 18.1 Å². The molecule has 4 aliphatic carbocycles. The predicted octanol–water partition coefficient (Wildman–Crippen LogP) is 5.00. The number of methoxy groups -OCH3 is 1. The highest BCUT2D eigenvalue weighted by molar-refractivity contribution is 8.14. The first-order chi connectivity index (χ1) is 19.4. The number of carbonyl (C=O) groups is 3. The quantitative estimate of drug-likeness (QED) is 0.379. The average Bonchev–Trinajstić information content (AvgIpc) is 3.54. The molecule has 220 valence electrons. The first-order valence-electron chi connectivity index (χ1n) is 13.7. The molecule has 0 saturated heterocycles. The van der Waals surface area contributed by atoms with E-state index in [-0.39, 0.29) is 55.2 Å². The largest absolute Gasteiger partial charge is 0.457 e. The molecule has 0 aromatic carbocycles. The molecule has 2 unspecified atom stereocenters. The third kappa shape index (κ3) is 4.18. The molecule has 1 heterocycles. The second-order valence-corrected chi connectivity index (χ2v) is 12.9. The summed E-state index contributed by atoms with van der Waals surface area (Å²) in [7, 11) is 1.50. The summed E-state index contributed by atoms with van der Waals surface area (Å²) in [4.78, 5) is 39.6. The van der Waals surface area contributed by atoms with Gasteiger partial charge in [0, 0.05) is 42.6 Å². The summed E-state index contributed by atoms with van der Waals surface area (Å²) in [5.74, 6) is 1.65. The lowest BCUT2D eigenvalue weighted by atomic mass is 9.45. The average molecular weight is 589 g/mol. The summed E-state index contributed by atoms with van der Waals surface area (Å²) in [5, 5.41) is 11.2. The van der Waals surface area contributed by atoms with Crippen molar-refractivity contribution in [2.24, 2.45) is 28.6 Å². The first kappa shape index (κ1) is 29.7. The number of esters is 1. The number of hydrogen-bond donors (Lipinski definition) is 1. The number of alkyl halides is 1. The summed E-state index contributed by atoms with van der Waals surface area (Å²) in [6, 6.07) is 2.94. The van der Waals surface area contributed by atoms with Gasteiger partial charge >= 0.3 is 5.97 Å². The van der Waals surface area contributed by atoms with Crippen LogP contribution >= 0.6 is 11.8 Å². The van der Waals surface area contributed by atoms with Gasteiger partial charge < -0.3 is 19.0 Å². The molecule has 0 bridgehead atoms. The monoisotopic (exact) mass is 588 g/mol. The third-order valence-corrected chi connectivity index (χ3v) is 10.9. The molecule has 4 aliphatic rings. The van der Waals surface area contributed by atoms with Gasteiger partial charge in [0.15, 0.2) is 17.1 Å². The molecule has 10 heteroatoms. The zero-order chi connectivity index (χ0) is 29.8. The number of aliphatic hydroxyl groups excluding tert-OH is 1. The van der Waals surface area contributed by atoms with E-state index in [4.69, 9.17) is 13.9 Å². The minimum absolute atomic E-state index is 0.0641. The van der Waals surface area contributed by atoms with Crippen LogP contribution in [0.2, 0.25) is 0 Å². The Bertz CT molecular complexity index is 1380. The molecule has 5 rings (SSSR count). The van der Waals surface area contributed by atoms with Crippen molar-refractivity contribution in [2.75, 3.05) is 19.5 Å². The maximum atomic E-state index is 17.6. The van der Waals surface area contributed by atoms with Gasteiger partial charge in [-0.1, -0.05) is 43.5 Å². The lowest BCUT2D eigenvalue weighted by molar-refractivity contribution is -0.214. The molecule has 0 spiro atoms. The second kappa shape index (κ2) is 10.5. The molecular weight excluding hydrogens is 554 g/mol. The smallest absolute Gasteiger partial charge is 0.375 e. The number of furan rings is 1. The van der Waals surface area contributed by atoms with Crippen LogP contribution in [0, 0.1) is 40.4 Å². The van der Waals surface area contributed by atoms with Crippen molar-refractivity contribution in [1.82, 2.24) is 0 Å². The highest BCUT2D eigenvalue weighted by atomic mass is 32.2. The van der Waals surface area contributed by atoms with E-state index in [1.807, 2.05) is 0 Å². The van der Waals surface area contributed by atoms with E-state index in [1.165, 1.54) is 44.6 Å². The van der Waals surface area contributed by atoms with Crippen LogP contribution in [0.1, 0.15) is 57.0 Å². The Morgan fingerprint density at radius 3 is 2.71 bits per heavy atom. The number of fused-ring (bicyclic) bond motifs is 5. The van der Waals surface area contributed by atoms with E-state index >= 15 is 8.78 Å². The molecular formula is C31H34F2O7S. The number of rotatable bonds is 5. The van der Waals surface area contributed by atoms with Gasteiger partial charge in [0.1, 0.15) is 12.4 Å². The Labute approximate surface area is 242 Å². The Morgan fingerprint density at radius 1 is 1.27 bits per heavy atom. The molecule has 0 radical (unpaired) electrons. The normalized spacial score (nSPS) is 39.3. The Balaban J connectivity index is 1.60. The van der Waals surface area contributed by atoms with E-state index in [2.05, 4.69) is 11.8 Å². The number of allylic oxidation sites excluding steroid dienone is 4. The number of hydrogen-bond acceptors (Lipinski definition) is 8. The maximum absolute atomic E-state index is 17.6. The fourth-order valence-corrected chi connectivity index (χ4v) is 9.16. The molecule has 2 fully saturated rings. The van der Waals surface area contributed by atoms with Crippen molar-refractivity contribution < 1.29 is 42.2 Å². The number of ether oxygens (including phenoxy) is 2. The Morgan fingerprint density at radius 2 is 2.02 bits per heavy atom. The molecule has 41 heavy (non-hydrogen) atoms. The molecule has 1 aromatic heterocycles. The van der Waals surface area contributed by atoms with Crippen LogP contribution in [-0.4, -0.2) is 58.8 Å². The summed E-state index contributed by atoms with van der Waals surface area (Å²) in [6.45, 7) is 5.22. The number of halogens is 2. The molecule has 7 nitrogen and oxygen atoms in total. The van der Waals surface area contributed by atoms with Gasteiger partial charge in [-0.15, -0.1) is 0 Å². The van der Waals surface area contributed by atoms with E-state index in [9.17, 15) is 19.5 Å². The standard InChI is InChI=1S/C31H34F2O7S/c1-18-14-20-21-16-23(32)22-15-19(34)9-10-28(22,2)30(21,33)25(35)17-29(20,3)31(18,27(37)41-13-6-5-11-38-4)40-26(36)24-8-7-12-39-24/h7-10,12,18,20-21,25,35H,11,13-17H2,1-4H3/t18-,20?,21?,25+,28+,29+,30+,31+/m1/s1. The lowest BCUT2D eigenvalue weighted by Gasteiger charge is -2.62. The third-order valence-electron chi connectivity index (χ3n) is 10.1. The fraction of sp³-hybridized carbons (Fsp3) is 0.581. The molecule has 8 atom stereocenters. The minimum Gasteiger partial charge on any atom is -0.457 e. The fourth-order valence-electron chi connectivity index (χ4n) is 8.17. The highest BCUT2D eigenvalue weighted by Gasteiger charge is 2.77. The Kier molecular flexibility index (Phi) is 7.63. The van der Waals surface area contributed by atoms with Crippen molar-refractivity contribution >= 4 is 28.6 Å². The van der Waals surface area contributed by atoms with Crippen molar-refractivity contribution in [3.63, 3.8) is 0 Å². The van der Waals surface area contributed by atoms with Crippen LogP contribution in [0.4, 0.5) is 8.78 Å². The van der Waals surface area contributed by atoms with E-state index < -0.39 is 62.9 Å². The van der Waals surface area contributed by atoms with Crippen molar-refractivity contribution in [3.8, 4) is 11.8 Å². The summed E-state index contributed by atoms with van der Waals surface area (Å²) in [5.41, 5.74) is -6.81. The van der Waals surface area contributed by atoms with Crippen LogP contribution in [-0.2, 0) is 19.1 Å². The summed E-state index contributed by atoms with van der Waals surface area (Å²) in [6.07, 6.45) is 1.80. The number of carbonyl (C=O) groups excluding carboxylic acids is 3. The first-order valence-corrected chi connectivity index (χ1v) is 14.7. The van der Waals surface area contributed by atoms with Crippen molar-refractivity contribution in [2.45, 2.75) is 63.8 Å². The van der Waals surface area contributed by atoms with Gasteiger partial charge in [-0.3, -0.25) is 9.59 Å². The molecule has 2 saturated carbocycles. The minimum atomic E-state index is -2.30. The second-order valence-electron chi connectivity index (χ2n) is 12.0. The van der Waals surface area contributed by atoms with Crippen LogP contribution < -0.4 is 0 Å². The van der Waals surface area contributed by atoms with Gasteiger partial charge in [0.25, 0.3) is 0 Å². The predicted molar refractivity (Wildman–Crippen MR) is 147 cm³/mol. The van der Waals surface area contributed by atoms with Crippen LogP contribution in [0.25, 0.3) is 0 Å². The topological polar surface area (TPSA) is 103 Å². The Hall–Kier alpha value is -2.74. The van der Waals surface area contributed by atoms with Crippen LogP contribution in [0.5, 0.6) is 0 Å². The summed E-state index contributed by atoms with van der Waals surface area (Å²) < 4.78 is 49.6. The maximum Gasteiger partial charge on any atom is 0.375 e. The van der Waals surface area contributed by atoms with E-state index in [0.717, 1.165) is 11.8 Å². The number of aliphatic hydroxyl groups is 1. The number of ketones is 1. The lowest BCUT2D eigenvalue weighted by Crippen LogP contribution is -2.69. The number of thioether (sulfide) groups is 1. The highest BCUT2D eigenvalue weighted by Crippen LogP contribution is 2.72. The van der Waals surface area contributed by atoms with Crippen molar-refractivity contribution in [3.05, 3.63) is 47.7 Å². The van der Waals surface area contributed by atoms with E-state index in [1.54, 1.807) is 13.8 Å². The van der Waals surface area contributed by atoms with E-state index in [0.29, 0.717) is 0 Å².